The van der Waals surface area contributed by atoms with Crippen molar-refractivity contribution in [3.05, 3.63) is 82.9 Å². The third kappa shape index (κ3) is 4.65. The van der Waals surface area contributed by atoms with E-state index < -0.39 is 0 Å². The molecule has 0 N–H and O–H groups in total. The Kier molecular flexibility index (Phi) is 6.43. The van der Waals surface area contributed by atoms with E-state index in [9.17, 15) is 4.79 Å². The average molecular weight is 441 g/mol. The van der Waals surface area contributed by atoms with Gasteiger partial charge in [0.05, 0.1) is 0 Å². The molecule has 0 radical (unpaired) electrons. The molecule has 4 heteroatoms. The number of rotatable bonds is 5. The monoisotopic (exact) mass is 442 g/mol. The number of aryl methyl sites for hydroxylation is 2. The van der Waals surface area contributed by atoms with Crippen LogP contribution in [0.1, 0.15) is 27.0 Å². The first-order valence-corrected chi connectivity index (χ1v) is 11.2. The summed E-state index contributed by atoms with van der Waals surface area (Å²) in [5.74, 6) is -0.271. The Balaban J connectivity index is 2.07. The zero-order chi connectivity index (χ0) is 19.4. The average Bonchev–Trinajstić information content (AvgIpc) is 2.65. The van der Waals surface area contributed by atoms with Crippen LogP contribution in [-0.4, -0.2) is 28.0 Å². The quantitative estimate of drug-likeness (QED) is 0.439. The van der Waals surface area contributed by atoms with Crippen LogP contribution in [0, 0.1) is 20.8 Å². The van der Waals surface area contributed by atoms with Crippen molar-refractivity contribution in [2.24, 2.45) is 0 Å². The molecule has 3 aromatic rings. The molecule has 27 heavy (non-hydrogen) atoms. The van der Waals surface area contributed by atoms with Crippen molar-refractivity contribution in [2.45, 2.75) is 30.6 Å². The van der Waals surface area contributed by atoms with Crippen LogP contribution in [-0.2, 0) is 4.74 Å². The van der Waals surface area contributed by atoms with Crippen molar-refractivity contribution >= 4 is 41.6 Å². The minimum absolute atomic E-state index is 0.144. The van der Waals surface area contributed by atoms with Crippen LogP contribution < -0.4 is 8.92 Å². The molecule has 0 aromatic heterocycles. The molecule has 0 saturated heterocycles. The summed E-state index contributed by atoms with van der Waals surface area (Å²) in [7, 11) is 1.45. The topological polar surface area (TPSA) is 26.3 Å². The van der Waals surface area contributed by atoms with Crippen molar-refractivity contribution in [3.63, 3.8) is 0 Å². The van der Waals surface area contributed by atoms with Crippen molar-refractivity contribution in [1.29, 1.82) is 0 Å². The van der Waals surface area contributed by atoms with Crippen molar-refractivity contribution in [3.8, 4) is 0 Å². The van der Waals surface area contributed by atoms with Gasteiger partial charge in [-0.05, 0) is 0 Å². The Morgan fingerprint density at radius 1 is 0.963 bits per heavy atom. The number of benzene rings is 3. The molecule has 0 aliphatic rings. The van der Waals surface area contributed by atoms with Gasteiger partial charge in [-0.2, -0.15) is 0 Å². The van der Waals surface area contributed by atoms with Crippen LogP contribution in [0.15, 0.2) is 70.5 Å². The molecule has 0 amide bonds. The molecule has 3 rings (SSSR count). The maximum absolute atomic E-state index is 12.6. The Hall–Kier alpha value is -2.00. The fourth-order valence-electron chi connectivity index (χ4n) is 2.93. The second kappa shape index (κ2) is 8.79. The van der Waals surface area contributed by atoms with Gasteiger partial charge in [-0.3, -0.25) is 0 Å². The molecule has 0 bridgehead atoms. The summed E-state index contributed by atoms with van der Waals surface area (Å²) in [6.07, 6.45) is 0. The van der Waals surface area contributed by atoms with Crippen molar-refractivity contribution in [1.82, 2.24) is 0 Å². The number of carbonyl (C=O) groups is 1. The molecular formula is C23H22O2SSe. The second-order valence-electron chi connectivity index (χ2n) is 6.35. The zero-order valence-corrected chi connectivity index (χ0v) is 18.4. The molecule has 0 saturated carbocycles. The van der Waals surface area contributed by atoms with E-state index in [0.29, 0.717) is 5.56 Å². The van der Waals surface area contributed by atoms with Crippen LogP contribution in [0.25, 0.3) is 0 Å². The van der Waals surface area contributed by atoms with Gasteiger partial charge in [-0.15, -0.1) is 0 Å². The van der Waals surface area contributed by atoms with E-state index in [1.165, 1.54) is 27.2 Å². The molecule has 3 aromatic carbocycles. The standard InChI is InChI=1S/C23H22O2SSe/c1-15-9-8-10-18(13-15)26-20-14-16(2)22(17(3)21(20)23(24)25-4)27-19-11-6-5-7-12-19/h5-14H,1-4H3. The number of hydrogen-bond acceptors (Lipinski definition) is 3. The number of carbonyl (C=O) groups excluding carboxylic acids is 1. The van der Waals surface area contributed by atoms with E-state index in [2.05, 4.69) is 62.4 Å². The van der Waals surface area contributed by atoms with Gasteiger partial charge in [-0.1, -0.05) is 0 Å². The molecule has 0 atom stereocenters. The van der Waals surface area contributed by atoms with Crippen molar-refractivity contribution < 1.29 is 9.53 Å². The first-order valence-electron chi connectivity index (χ1n) is 8.69. The van der Waals surface area contributed by atoms with Gasteiger partial charge in [0.15, 0.2) is 0 Å². The zero-order valence-electron chi connectivity index (χ0n) is 15.9. The molecule has 2 nitrogen and oxygen atoms in total. The third-order valence-corrected chi connectivity index (χ3v) is 8.08. The summed E-state index contributed by atoms with van der Waals surface area (Å²) in [6.45, 7) is 6.25. The fourth-order valence-corrected chi connectivity index (χ4v) is 6.26. The summed E-state index contributed by atoms with van der Waals surface area (Å²) in [5, 5.41) is 0. The van der Waals surface area contributed by atoms with Gasteiger partial charge >= 0.3 is 172 Å². The third-order valence-electron chi connectivity index (χ3n) is 4.24. The van der Waals surface area contributed by atoms with Crippen LogP contribution >= 0.6 is 11.8 Å². The number of hydrogen-bond donors (Lipinski definition) is 0. The van der Waals surface area contributed by atoms with E-state index in [-0.39, 0.29) is 20.9 Å². The van der Waals surface area contributed by atoms with Crippen LogP contribution in [0.3, 0.4) is 0 Å². The number of esters is 1. The SMILES string of the molecule is COC(=O)c1c(Sc2cccc(C)c2)cc(C)c([Se]c2ccccc2)c1C. The Morgan fingerprint density at radius 2 is 1.70 bits per heavy atom. The van der Waals surface area contributed by atoms with Crippen LogP contribution in [0.4, 0.5) is 0 Å². The van der Waals surface area contributed by atoms with Crippen LogP contribution in [0.5, 0.6) is 0 Å². The number of ether oxygens (including phenoxy) is 1. The van der Waals surface area contributed by atoms with E-state index >= 15 is 0 Å². The maximum atomic E-state index is 12.6. The normalized spacial score (nSPS) is 10.7. The van der Waals surface area contributed by atoms with Crippen LogP contribution in [0.2, 0.25) is 0 Å². The minimum atomic E-state index is -0.271. The molecule has 0 aliphatic carbocycles. The van der Waals surface area contributed by atoms with E-state index in [0.717, 1.165) is 15.4 Å². The van der Waals surface area contributed by atoms with E-state index in [1.54, 1.807) is 11.8 Å². The molecule has 0 fully saturated rings. The summed E-state index contributed by atoms with van der Waals surface area (Å²) >= 11 is 1.77. The molecule has 0 aliphatic heterocycles. The van der Waals surface area contributed by atoms with Gasteiger partial charge < -0.3 is 0 Å². The van der Waals surface area contributed by atoms with E-state index in [4.69, 9.17) is 4.74 Å². The van der Waals surface area contributed by atoms with Gasteiger partial charge in [0.25, 0.3) is 0 Å². The van der Waals surface area contributed by atoms with E-state index in [1.807, 2.05) is 19.1 Å². The molecule has 0 spiro atoms. The molecule has 138 valence electrons. The van der Waals surface area contributed by atoms with Gasteiger partial charge in [-0.25, -0.2) is 0 Å². The molecule has 0 heterocycles. The second-order valence-corrected chi connectivity index (χ2v) is 9.74. The number of methoxy groups -OCH3 is 1. The summed E-state index contributed by atoms with van der Waals surface area (Å²) < 4.78 is 7.67. The first kappa shape index (κ1) is 19.8. The predicted molar refractivity (Wildman–Crippen MR) is 114 cm³/mol. The summed E-state index contributed by atoms with van der Waals surface area (Å²) in [6, 6.07) is 20.9. The summed E-state index contributed by atoms with van der Waals surface area (Å²) in [5.41, 5.74) is 4.14. The fraction of sp³-hybridized carbons (Fsp3) is 0.174. The Labute approximate surface area is 171 Å². The first-order chi connectivity index (χ1) is 13.0. The molecular weight excluding hydrogens is 419 g/mol. The Morgan fingerprint density at radius 3 is 2.37 bits per heavy atom. The van der Waals surface area contributed by atoms with Crippen molar-refractivity contribution in [2.75, 3.05) is 7.11 Å². The summed E-state index contributed by atoms with van der Waals surface area (Å²) in [4.78, 5) is 14.7. The van der Waals surface area contributed by atoms with Gasteiger partial charge in [0.2, 0.25) is 0 Å². The Bertz CT molecular complexity index is 968. The van der Waals surface area contributed by atoms with Gasteiger partial charge in [0, 0.05) is 0 Å². The predicted octanol–water partition coefficient (Wildman–Crippen LogP) is 4.20. The molecule has 0 unspecified atom stereocenters. The van der Waals surface area contributed by atoms with Gasteiger partial charge in [0.1, 0.15) is 0 Å².